The van der Waals surface area contributed by atoms with Gasteiger partial charge in [-0.1, -0.05) is 41.5 Å². The molecular formula is C22H26F3N. The number of likely N-dealkylation sites (tertiary alicyclic amines) is 1. The molecule has 4 heteroatoms. The predicted octanol–water partition coefficient (Wildman–Crippen LogP) is 5.78. The van der Waals surface area contributed by atoms with Crippen LogP contribution in [0.1, 0.15) is 40.7 Å². The Morgan fingerprint density at radius 2 is 1.46 bits per heavy atom. The maximum atomic E-state index is 12.6. The molecule has 1 nitrogen and oxygen atoms in total. The molecule has 1 fully saturated rings. The topological polar surface area (TPSA) is 3.24 Å². The first-order valence-electron chi connectivity index (χ1n) is 9.25. The standard InChI is InChI=1S/C22H26F3N/c1-16-11-17(2)13-20(12-16)15-26-9-7-19(8-10-26)14-18-3-5-21(6-4-18)22(23,24)25/h3-6,11-13,19H,7-10,14-15H2,1-2H3. The van der Waals surface area contributed by atoms with E-state index in [0.29, 0.717) is 5.92 Å². The number of rotatable bonds is 4. The molecule has 140 valence electrons. The number of hydrogen-bond acceptors (Lipinski definition) is 1. The van der Waals surface area contributed by atoms with Crippen molar-refractivity contribution < 1.29 is 13.2 Å². The summed E-state index contributed by atoms with van der Waals surface area (Å²) in [6, 6.07) is 12.4. The molecule has 0 spiro atoms. The van der Waals surface area contributed by atoms with Crippen LogP contribution >= 0.6 is 0 Å². The zero-order valence-electron chi connectivity index (χ0n) is 15.4. The summed E-state index contributed by atoms with van der Waals surface area (Å²) in [6.45, 7) is 7.35. The summed E-state index contributed by atoms with van der Waals surface area (Å²) < 4.78 is 37.9. The zero-order chi connectivity index (χ0) is 18.7. The quantitative estimate of drug-likeness (QED) is 0.667. The van der Waals surface area contributed by atoms with E-state index in [1.165, 1.54) is 28.8 Å². The van der Waals surface area contributed by atoms with Crippen molar-refractivity contribution >= 4 is 0 Å². The maximum Gasteiger partial charge on any atom is 0.416 e. The van der Waals surface area contributed by atoms with Crippen molar-refractivity contribution in [2.24, 2.45) is 5.92 Å². The average molecular weight is 361 g/mol. The molecule has 0 atom stereocenters. The molecule has 0 bridgehead atoms. The van der Waals surface area contributed by atoms with E-state index in [9.17, 15) is 13.2 Å². The van der Waals surface area contributed by atoms with E-state index >= 15 is 0 Å². The van der Waals surface area contributed by atoms with Gasteiger partial charge in [-0.2, -0.15) is 13.2 Å². The molecule has 1 aliphatic heterocycles. The molecule has 0 N–H and O–H groups in total. The highest BCUT2D eigenvalue weighted by Gasteiger charge is 2.30. The second kappa shape index (κ2) is 7.83. The molecule has 0 aliphatic carbocycles. The van der Waals surface area contributed by atoms with Gasteiger partial charge in [-0.25, -0.2) is 0 Å². The Bertz CT molecular complexity index is 706. The fraction of sp³-hybridized carbons (Fsp3) is 0.455. The molecule has 26 heavy (non-hydrogen) atoms. The second-order valence-electron chi connectivity index (χ2n) is 7.61. The monoisotopic (exact) mass is 361 g/mol. The summed E-state index contributed by atoms with van der Waals surface area (Å²) in [7, 11) is 0. The van der Waals surface area contributed by atoms with Gasteiger partial charge >= 0.3 is 6.18 Å². The lowest BCUT2D eigenvalue weighted by atomic mass is 9.89. The van der Waals surface area contributed by atoms with Crippen molar-refractivity contribution in [3.63, 3.8) is 0 Å². The molecule has 3 rings (SSSR count). The maximum absolute atomic E-state index is 12.6. The van der Waals surface area contributed by atoms with Gasteiger partial charge < -0.3 is 0 Å². The predicted molar refractivity (Wildman–Crippen MR) is 99.1 cm³/mol. The molecule has 0 radical (unpaired) electrons. The van der Waals surface area contributed by atoms with Gasteiger partial charge in [0.25, 0.3) is 0 Å². The number of aryl methyl sites for hydroxylation is 2. The Hall–Kier alpha value is -1.81. The Balaban J connectivity index is 1.50. The van der Waals surface area contributed by atoms with E-state index in [1.54, 1.807) is 12.1 Å². The summed E-state index contributed by atoms with van der Waals surface area (Å²) in [5.74, 6) is 0.558. The van der Waals surface area contributed by atoms with Crippen molar-refractivity contribution in [3.05, 3.63) is 70.3 Å². The lowest BCUT2D eigenvalue weighted by Gasteiger charge is -2.32. The largest absolute Gasteiger partial charge is 0.416 e. The van der Waals surface area contributed by atoms with Crippen molar-refractivity contribution in [3.8, 4) is 0 Å². The van der Waals surface area contributed by atoms with E-state index in [0.717, 1.165) is 44.5 Å². The minimum Gasteiger partial charge on any atom is -0.299 e. The molecule has 0 amide bonds. The number of hydrogen-bond donors (Lipinski definition) is 0. The van der Waals surface area contributed by atoms with Crippen molar-refractivity contribution in [1.82, 2.24) is 4.90 Å². The van der Waals surface area contributed by atoms with Crippen LogP contribution in [-0.4, -0.2) is 18.0 Å². The first-order chi connectivity index (χ1) is 12.3. The molecule has 1 heterocycles. The molecule has 1 aliphatic rings. The van der Waals surface area contributed by atoms with Crippen molar-refractivity contribution in [2.45, 2.75) is 45.8 Å². The Kier molecular flexibility index (Phi) is 5.71. The summed E-state index contributed by atoms with van der Waals surface area (Å²) in [5.41, 5.74) is 4.41. The van der Waals surface area contributed by atoms with Crippen LogP contribution < -0.4 is 0 Å². The van der Waals surface area contributed by atoms with E-state index in [-0.39, 0.29) is 0 Å². The highest BCUT2D eigenvalue weighted by molar-refractivity contribution is 5.28. The first-order valence-corrected chi connectivity index (χ1v) is 9.25. The molecule has 0 unspecified atom stereocenters. The zero-order valence-corrected chi connectivity index (χ0v) is 15.4. The van der Waals surface area contributed by atoms with Gasteiger partial charge in [-0.05, 0) is 75.4 Å². The van der Waals surface area contributed by atoms with Gasteiger partial charge in [0.1, 0.15) is 0 Å². The van der Waals surface area contributed by atoms with Gasteiger partial charge in [-0.15, -0.1) is 0 Å². The molecular weight excluding hydrogens is 335 g/mol. The fourth-order valence-electron chi connectivity index (χ4n) is 3.93. The van der Waals surface area contributed by atoms with Crippen LogP contribution in [0.5, 0.6) is 0 Å². The van der Waals surface area contributed by atoms with E-state index in [4.69, 9.17) is 0 Å². The smallest absolute Gasteiger partial charge is 0.299 e. The lowest BCUT2D eigenvalue weighted by Crippen LogP contribution is -2.33. The van der Waals surface area contributed by atoms with Crippen LogP contribution in [0.4, 0.5) is 13.2 Å². The minimum absolute atomic E-state index is 0.558. The van der Waals surface area contributed by atoms with Crippen LogP contribution in [0.3, 0.4) is 0 Å². The number of nitrogens with zero attached hydrogens (tertiary/aromatic N) is 1. The van der Waals surface area contributed by atoms with Gasteiger partial charge in [0, 0.05) is 6.54 Å². The Morgan fingerprint density at radius 3 is 2.00 bits per heavy atom. The fourth-order valence-corrected chi connectivity index (χ4v) is 3.93. The van der Waals surface area contributed by atoms with Crippen molar-refractivity contribution in [2.75, 3.05) is 13.1 Å². The molecule has 2 aromatic carbocycles. The van der Waals surface area contributed by atoms with Gasteiger partial charge in [0.15, 0.2) is 0 Å². The van der Waals surface area contributed by atoms with Crippen LogP contribution in [-0.2, 0) is 19.1 Å². The second-order valence-corrected chi connectivity index (χ2v) is 7.61. The van der Waals surface area contributed by atoms with E-state index in [2.05, 4.69) is 36.9 Å². The van der Waals surface area contributed by atoms with Crippen LogP contribution in [0, 0.1) is 19.8 Å². The third kappa shape index (κ3) is 5.10. The Morgan fingerprint density at radius 1 is 0.885 bits per heavy atom. The number of benzene rings is 2. The summed E-state index contributed by atoms with van der Waals surface area (Å²) in [6.07, 6.45) is -1.18. The third-order valence-corrected chi connectivity index (χ3v) is 5.20. The minimum atomic E-state index is -4.25. The summed E-state index contributed by atoms with van der Waals surface area (Å²) >= 11 is 0. The first kappa shape index (κ1) is 19.0. The van der Waals surface area contributed by atoms with Gasteiger partial charge in [0.2, 0.25) is 0 Å². The normalized spacial score (nSPS) is 16.8. The molecule has 0 saturated carbocycles. The van der Waals surface area contributed by atoms with Gasteiger partial charge in [-0.3, -0.25) is 4.90 Å². The summed E-state index contributed by atoms with van der Waals surface area (Å²) in [5, 5.41) is 0. The van der Waals surface area contributed by atoms with E-state index < -0.39 is 11.7 Å². The van der Waals surface area contributed by atoms with E-state index in [1.807, 2.05) is 0 Å². The molecule has 0 aromatic heterocycles. The third-order valence-electron chi connectivity index (χ3n) is 5.20. The average Bonchev–Trinajstić information content (AvgIpc) is 2.55. The summed E-state index contributed by atoms with van der Waals surface area (Å²) in [4.78, 5) is 2.48. The van der Waals surface area contributed by atoms with Crippen LogP contribution in [0.2, 0.25) is 0 Å². The van der Waals surface area contributed by atoms with Gasteiger partial charge in [0.05, 0.1) is 5.56 Å². The SMILES string of the molecule is Cc1cc(C)cc(CN2CCC(Cc3ccc(C(F)(F)F)cc3)CC2)c1. The molecule has 1 saturated heterocycles. The van der Waals surface area contributed by atoms with Crippen LogP contribution in [0.15, 0.2) is 42.5 Å². The Labute approximate surface area is 153 Å². The van der Waals surface area contributed by atoms with Crippen molar-refractivity contribution in [1.29, 1.82) is 0 Å². The highest BCUT2D eigenvalue weighted by Crippen LogP contribution is 2.30. The number of halogens is 3. The van der Waals surface area contributed by atoms with Crippen LogP contribution in [0.25, 0.3) is 0 Å². The number of alkyl halides is 3. The lowest BCUT2D eigenvalue weighted by molar-refractivity contribution is -0.137. The highest BCUT2D eigenvalue weighted by atomic mass is 19.4. The molecule has 2 aromatic rings. The number of piperidine rings is 1.